The number of hydrogen-bond acceptors (Lipinski definition) is 7. The van der Waals surface area contributed by atoms with Crippen molar-refractivity contribution in [2.75, 3.05) is 18.2 Å². The lowest BCUT2D eigenvalue weighted by Crippen LogP contribution is -2.16. The highest BCUT2D eigenvalue weighted by molar-refractivity contribution is 7.99. The van der Waals surface area contributed by atoms with Crippen LogP contribution >= 0.6 is 23.1 Å². The summed E-state index contributed by atoms with van der Waals surface area (Å²) < 4.78 is 6.94. The number of rotatable bonds is 7. The van der Waals surface area contributed by atoms with Crippen LogP contribution in [0.4, 0.5) is 5.00 Å². The Labute approximate surface area is 194 Å². The first-order chi connectivity index (χ1) is 15.6. The van der Waals surface area contributed by atoms with Crippen LogP contribution in [0.5, 0.6) is 0 Å². The number of anilines is 1. The molecule has 2 atom stereocenters. The van der Waals surface area contributed by atoms with Gasteiger partial charge in [0.25, 0.3) is 0 Å². The van der Waals surface area contributed by atoms with Crippen molar-refractivity contribution >= 4 is 40.0 Å². The molecule has 2 heterocycles. The van der Waals surface area contributed by atoms with Gasteiger partial charge in [-0.25, -0.2) is 4.79 Å². The highest BCUT2D eigenvalue weighted by Crippen LogP contribution is 2.54. The first-order valence-electron chi connectivity index (χ1n) is 10.7. The van der Waals surface area contributed by atoms with Crippen LogP contribution < -0.4 is 5.32 Å². The van der Waals surface area contributed by atoms with E-state index in [0.29, 0.717) is 22.4 Å². The Morgan fingerprint density at radius 3 is 2.81 bits per heavy atom. The van der Waals surface area contributed by atoms with E-state index < -0.39 is 0 Å². The number of carbonyl (C=O) groups excluding carboxylic acids is 2. The number of aromatic nitrogens is 3. The summed E-state index contributed by atoms with van der Waals surface area (Å²) in [4.78, 5) is 26.1. The second kappa shape index (κ2) is 8.71. The fourth-order valence-corrected chi connectivity index (χ4v) is 6.44. The SMILES string of the molecule is COC(=O)c1c(NC(=O)CSc2nnc(C3CC3c3ccccc3)n2C)sc2c1CCC2. The lowest BCUT2D eigenvalue weighted by molar-refractivity contribution is -0.113. The maximum Gasteiger partial charge on any atom is 0.341 e. The molecule has 0 bridgehead atoms. The molecule has 1 amide bonds. The third kappa shape index (κ3) is 3.95. The summed E-state index contributed by atoms with van der Waals surface area (Å²) in [5.41, 5.74) is 2.88. The Balaban J connectivity index is 1.22. The Morgan fingerprint density at radius 1 is 1.22 bits per heavy atom. The number of methoxy groups -OCH3 is 1. The third-order valence-electron chi connectivity index (χ3n) is 6.11. The average Bonchev–Trinajstić information content (AvgIpc) is 3.12. The zero-order chi connectivity index (χ0) is 22.2. The van der Waals surface area contributed by atoms with E-state index in [1.54, 1.807) is 0 Å². The van der Waals surface area contributed by atoms with Gasteiger partial charge in [-0.05, 0) is 42.7 Å². The van der Waals surface area contributed by atoms with Crippen molar-refractivity contribution in [3.63, 3.8) is 0 Å². The van der Waals surface area contributed by atoms with Crippen molar-refractivity contribution in [2.45, 2.75) is 42.7 Å². The van der Waals surface area contributed by atoms with Crippen molar-refractivity contribution in [1.82, 2.24) is 14.8 Å². The molecular weight excluding hydrogens is 444 g/mol. The van der Waals surface area contributed by atoms with E-state index in [-0.39, 0.29) is 17.6 Å². The minimum Gasteiger partial charge on any atom is -0.465 e. The molecular formula is C23H24N4O3S2. The molecule has 3 aromatic rings. The zero-order valence-electron chi connectivity index (χ0n) is 18.0. The lowest BCUT2D eigenvalue weighted by atomic mass is 10.1. The van der Waals surface area contributed by atoms with Crippen molar-refractivity contribution < 1.29 is 14.3 Å². The summed E-state index contributed by atoms with van der Waals surface area (Å²) in [6.45, 7) is 0. The van der Waals surface area contributed by atoms with Crippen LogP contribution in [0.3, 0.4) is 0 Å². The quantitative estimate of drug-likeness (QED) is 0.414. The van der Waals surface area contributed by atoms with Crippen LogP contribution in [0.15, 0.2) is 35.5 Å². The van der Waals surface area contributed by atoms with Crippen LogP contribution in [-0.4, -0.2) is 39.5 Å². The number of hydrogen-bond donors (Lipinski definition) is 1. The summed E-state index contributed by atoms with van der Waals surface area (Å²) in [6.07, 6.45) is 3.91. The average molecular weight is 469 g/mol. The number of thioether (sulfide) groups is 1. The van der Waals surface area contributed by atoms with E-state index in [2.05, 4.69) is 39.8 Å². The van der Waals surface area contributed by atoms with E-state index in [1.807, 2.05) is 17.7 Å². The van der Waals surface area contributed by atoms with E-state index >= 15 is 0 Å². The minimum atomic E-state index is -0.386. The van der Waals surface area contributed by atoms with Gasteiger partial charge < -0.3 is 14.6 Å². The first kappa shape index (κ1) is 21.2. The maximum atomic E-state index is 12.6. The Bertz CT molecular complexity index is 1170. The molecule has 0 saturated heterocycles. The molecule has 2 aromatic heterocycles. The van der Waals surface area contributed by atoms with Gasteiger partial charge in [-0.3, -0.25) is 4.79 Å². The van der Waals surface area contributed by atoms with Gasteiger partial charge in [0.2, 0.25) is 5.91 Å². The summed E-state index contributed by atoms with van der Waals surface area (Å²) in [5, 5.41) is 12.9. The van der Waals surface area contributed by atoms with Crippen molar-refractivity contribution in [3.05, 3.63) is 57.7 Å². The van der Waals surface area contributed by atoms with E-state index in [1.165, 1.54) is 40.6 Å². The minimum absolute atomic E-state index is 0.168. The predicted molar refractivity (Wildman–Crippen MR) is 125 cm³/mol. The lowest BCUT2D eigenvalue weighted by Gasteiger charge is -2.07. The van der Waals surface area contributed by atoms with Gasteiger partial charge in [0.1, 0.15) is 10.8 Å². The van der Waals surface area contributed by atoms with Gasteiger partial charge in [0.05, 0.1) is 18.4 Å². The fraction of sp³-hybridized carbons (Fsp3) is 0.391. The van der Waals surface area contributed by atoms with Crippen LogP contribution in [-0.2, 0) is 29.4 Å². The molecule has 5 rings (SSSR count). The fourth-order valence-electron chi connectivity index (χ4n) is 4.43. The molecule has 1 N–H and O–H groups in total. The van der Waals surface area contributed by atoms with Gasteiger partial charge >= 0.3 is 5.97 Å². The zero-order valence-corrected chi connectivity index (χ0v) is 19.6. The number of fused-ring (bicyclic) bond motifs is 1. The largest absolute Gasteiger partial charge is 0.465 e. The van der Waals surface area contributed by atoms with Crippen LogP contribution in [0.25, 0.3) is 0 Å². The van der Waals surface area contributed by atoms with E-state index in [0.717, 1.165) is 42.2 Å². The van der Waals surface area contributed by atoms with Crippen molar-refractivity contribution in [2.24, 2.45) is 7.05 Å². The number of nitrogens with zero attached hydrogens (tertiary/aromatic N) is 3. The summed E-state index contributed by atoms with van der Waals surface area (Å²) >= 11 is 2.84. The maximum absolute atomic E-state index is 12.6. The normalized spacial score (nSPS) is 18.9. The molecule has 2 aliphatic rings. The van der Waals surface area contributed by atoms with E-state index in [4.69, 9.17) is 4.74 Å². The van der Waals surface area contributed by atoms with Crippen molar-refractivity contribution in [1.29, 1.82) is 0 Å². The molecule has 2 unspecified atom stereocenters. The molecule has 166 valence electrons. The number of thiophene rings is 1. The third-order valence-corrected chi connectivity index (χ3v) is 8.34. The second-order valence-electron chi connectivity index (χ2n) is 8.15. The topological polar surface area (TPSA) is 86.1 Å². The van der Waals surface area contributed by atoms with Gasteiger partial charge in [-0.15, -0.1) is 21.5 Å². The van der Waals surface area contributed by atoms with Gasteiger partial charge in [0, 0.05) is 17.8 Å². The number of amides is 1. The number of carbonyl (C=O) groups is 2. The number of benzene rings is 1. The predicted octanol–water partition coefficient (Wildman–Crippen LogP) is 4.15. The highest BCUT2D eigenvalue weighted by atomic mass is 32.2. The van der Waals surface area contributed by atoms with Crippen molar-refractivity contribution in [3.8, 4) is 0 Å². The highest BCUT2D eigenvalue weighted by Gasteiger charge is 2.43. The smallest absolute Gasteiger partial charge is 0.341 e. The molecule has 32 heavy (non-hydrogen) atoms. The van der Waals surface area contributed by atoms with Crippen LogP contribution in [0, 0.1) is 0 Å². The Morgan fingerprint density at radius 2 is 2.03 bits per heavy atom. The molecule has 7 nitrogen and oxygen atoms in total. The summed E-state index contributed by atoms with van der Waals surface area (Å²) in [5.74, 6) is 1.46. The summed E-state index contributed by atoms with van der Waals surface area (Å²) in [7, 11) is 3.33. The van der Waals surface area contributed by atoms with Gasteiger partial charge in [-0.1, -0.05) is 42.1 Å². The Kier molecular flexibility index (Phi) is 5.77. The Hall–Kier alpha value is -2.65. The number of nitrogens with one attached hydrogen (secondary N) is 1. The molecule has 0 spiro atoms. The van der Waals surface area contributed by atoms with E-state index in [9.17, 15) is 9.59 Å². The summed E-state index contributed by atoms with van der Waals surface area (Å²) in [6, 6.07) is 10.5. The van der Waals surface area contributed by atoms with Gasteiger partial charge in [-0.2, -0.15) is 0 Å². The second-order valence-corrected chi connectivity index (χ2v) is 10.2. The molecule has 1 fully saturated rings. The number of esters is 1. The molecule has 0 aliphatic heterocycles. The first-order valence-corrected chi connectivity index (χ1v) is 12.5. The molecule has 9 heteroatoms. The standard InChI is InChI=1S/C23H24N4O3S2/c1-27-20(16-11-15(16)13-7-4-3-5-8-13)25-26-23(27)31-12-18(28)24-21-19(22(29)30-2)14-9-6-10-17(14)32-21/h3-5,7-8,15-16H,6,9-12H2,1-2H3,(H,24,28). The molecule has 1 aromatic carbocycles. The number of aryl methyl sites for hydroxylation is 1. The molecule has 1 saturated carbocycles. The molecule has 2 aliphatic carbocycles. The van der Waals surface area contributed by atoms with Crippen LogP contribution in [0.1, 0.15) is 56.9 Å². The molecule has 0 radical (unpaired) electrons. The number of ether oxygens (including phenoxy) is 1. The van der Waals surface area contributed by atoms with Crippen LogP contribution in [0.2, 0.25) is 0 Å². The monoisotopic (exact) mass is 468 g/mol. The van der Waals surface area contributed by atoms with Gasteiger partial charge in [0.15, 0.2) is 5.16 Å².